The molecule has 0 atom stereocenters. The number of thioether (sulfide) groups is 1. The number of rotatable bonds is 6. The first-order chi connectivity index (χ1) is 13.3. The van der Waals surface area contributed by atoms with Crippen LogP contribution in [0.15, 0.2) is 89.1 Å². The summed E-state index contributed by atoms with van der Waals surface area (Å²) in [5.41, 5.74) is 3.01. The molecule has 0 aliphatic carbocycles. The second-order valence-corrected chi connectivity index (χ2v) is 7.31. The van der Waals surface area contributed by atoms with Gasteiger partial charge in [0, 0.05) is 18.1 Å². The van der Waals surface area contributed by atoms with E-state index in [1.165, 1.54) is 5.56 Å². The predicted octanol–water partition coefficient (Wildman–Crippen LogP) is 4.17. The van der Waals surface area contributed by atoms with E-state index < -0.39 is 0 Å². The molecule has 0 saturated carbocycles. The lowest BCUT2D eigenvalue weighted by Crippen LogP contribution is -2.24. The van der Waals surface area contributed by atoms with Gasteiger partial charge in [-0.3, -0.25) is 14.3 Å². The molecular weight excluding hydrogens is 354 g/mol. The van der Waals surface area contributed by atoms with E-state index in [2.05, 4.69) is 17.1 Å². The van der Waals surface area contributed by atoms with Gasteiger partial charge in [-0.2, -0.15) is 0 Å². The Hall–Kier alpha value is -2.92. The van der Waals surface area contributed by atoms with Crippen molar-refractivity contribution in [2.24, 2.45) is 0 Å². The molecule has 0 fully saturated rings. The van der Waals surface area contributed by atoms with Crippen LogP contribution in [-0.2, 0) is 13.0 Å². The molecule has 27 heavy (non-hydrogen) atoms. The van der Waals surface area contributed by atoms with Crippen LogP contribution < -0.4 is 5.56 Å². The average molecular weight is 373 g/mol. The van der Waals surface area contributed by atoms with Gasteiger partial charge in [0.05, 0.1) is 17.4 Å². The first-order valence-corrected chi connectivity index (χ1v) is 9.85. The Kier molecular flexibility index (Phi) is 5.30. The molecule has 4 nitrogen and oxygen atoms in total. The van der Waals surface area contributed by atoms with Crippen molar-refractivity contribution in [1.29, 1.82) is 0 Å². The number of aromatic nitrogens is 3. The molecule has 2 aromatic heterocycles. The number of benzene rings is 2. The number of pyridine rings is 1. The zero-order valence-electron chi connectivity index (χ0n) is 14.8. The largest absolute Gasteiger partial charge is 0.283 e. The quantitative estimate of drug-likeness (QED) is 0.376. The lowest BCUT2D eigenvalue weighted by atomic mass is 10.2. The monoisotopic (exact) mass is 373 g/mol. The van der Waals surface area contributed by atoms with Crippen LogP contribution in [0.25, 0.3) is 10.9 Å². The minimum atomic E-state index is -0.00772. The molecule has 4 aromatic rings. The summed E-state index contributed by atoms with van der Waals surface area (Å²) >= 11 is 1.62. The second kappa shape index (κ2) is 8.18. The normalized spacial score (nSPS) is 11.0. The molecule has 0 aliphatic rings. The molecular formula is C22H19N3OS. The van der Waals surface area contributed by atoms with Crippen LogP contribution in [-0.4, -0.2) is 20.3 Å². The molecule has 0 N–H and O–H groups in total. The van der Waals surface area contributed by atoms with Crippen LogP contribution in [0.1, 0.15) is 11.1 Å². The molecule has 0 bridgehead atoms. The summed E-state index contributed by atoms with van der Waals surface area (Å²) in [6.07, 6.45) is 4.46. The molecule has 2 heterocycles. The van der Waals surface area contributed by atoms with E-state index in [1.54, 1.807) is 28.7 Å². The maximum Gasteiger partial charge on any atom is 0.262 e. The van der Waals surface area contributed by atoms with Crippen LogP contribution >= 0.6 is 11.8 Å². The molecule has 0 saturated heterocycles. The first kappa shape index (κ1) is 17.5. The van der Waals surface area contributed by atoms with Crippen molar-refractivity contribution < 1.29 is 0 Å². The summed E-state index contributed by atoms with van der Waals surface area (Å²) < 4.78 is 1.76. The molecule has 0 spiro atoms. The summed E-state index contributed by atoms with van der Waals surface area (Å²) in [5, 5.41) is 1.40. The fourth-order valence-electron chi connectivity index (χ4n) is 2.98. The van der Waals surface area contributed by atoms with Gasteiger partial charge in [0.15, 0.2) is 5.16 Å². The molecule has 0 radical (unpaired) electrons. The van der Waals surface area contributed by atoms with Gasteiger partial charge in [-0.1, -0.05) is 60.3 Å². The Morgan fingerprint density at radius 3 is 2.48 bits per heavy atom. The zero-order chi connectivity index (χ0) is 18.5. The van der Waals surface area contributed by atoms with E-state index in [0.717, 1.165) is 28.4 Å². The lowest BCUT2D eigenvalue weighted by molar-refractivity contribution is 0.656. The molecule has 0 aliphatic heterocycles. The number of aryl methyl sites for hydroxylation is 1. The Morgan fingerprint density at radius 1 is 0.889 bits per heavy atom. The number of hydrogen-bond donors (Lipinski definition) is 0. The van der Waals surface area contributed by atoms with Crippen molar-refractivity contribution in [1.82, 2.24) is 14.5 Å². The van der Waals surface area contributed by atoms with Gasteiger partial charge in [-0.05, 0) is 35.7 Å². The summed E-state index contributed by atoms with van der Waals surface area (Å²) in [6.45, 7) is 0.470. The molecule has 0 amide bonds. The van der Waals surface area contributed by atoms with E-state index in [9.17, 15) is 4.79 Å². The van der Waals surface area contributed by atoms with Crippen molar-refractivity contribution in [3.05, 3.63) is 101 Å². The third-order valence-electron chi connectivity index (χ3n) is 4.35. The highest BCUT2D eigenvalue weighted by atomic mass is 32.2. The van der Waals surface area contributed by atoms with Gasteiger partial charge in [0.25, 0.3) is 5.56 Å². The number of nitrogens with zero attached hydrogens (tertiary/aromatic N) is 3. The maximum atomic E-state index is 13.1. The Balaban J connectivity index is 1.66. The zero-order valence-corrected chi connectivity index (χ0v) is 15.6. The van der Waals surface area contributed by atoms with Gasteiger partial charge < -0.3 is 0 Å². The average Bonchev–Trinajstić information content (AvgIpc) is 2.72. The van der Waals surface area contributed by atoms with E-state index in [4.69, 9.17) is 4.98 Å². The minimum Gasteiger partial charge on any atom is -0.283 e. The van der Waals surface area contributed by atoms with Crippen molar-refractivity contribution in [3.63, 3.8) is 0 Å². The smallest absolute Gasteiger partial charge is 0.262 e. The van der Waals surface area contributed by atoms with Crippen molar-refractivity contribution >= 4 is 22.7 Å². The Morgan fingerprint density at radius 2 is 1.67 bits per heavy atom. The lowest BCUT2D eigenvalue weighted by Gasteiger charge is -2.13. The molecule has 4 rings (SSSR count). The summed E-state index contributed by atoms with van der Waals surface area (Å²) in [7, 11) is 0. The summed E-state index contributed by atoms with van der Waals surface area (Å²) in [4.78, 5) is 22.0. The predicted molar refractivity (Wildman–Crippen MR) is 110 cm³/mol. The van der Waals surface area contributed by atoms with Gasteiger partial charge in [0.1, 0.15) is 0 Å². The molecule has 2 aromatic carbocycles. The van der Waals surface area contributed by atoms with Crippen LogP contribution in [0.5, 0.6) is 0 Å². The van der Waals surface area contributed by atoms with E-state index >= 15 is 0 Å². The SMILES string of the molecule is O=c1c2ccccc2nc(SCCc2ccccc2)n1Cc1cccnc1. The summed E-state index contributed by atoms with van der Waals surface area (Å²) in [6, 6.07) is 21.8. The molecule has 5 heteroatoms. The van der Waals surface area contributed by atoms with Gasteiger partial charge >= 0.3 is 0 Å². The second-order valence-electron chi connectivity index (χ2n) is 6.25. The Labute approximate surface area is 161 Å². The number of para-hydroxylation sites is 1. The molecule has 134 valence electrons. The van der Waals surface area contributed by atoms with Gasteiger partial charge in [-0.15, -0.1) is 0 Å². The van der Waals surface area contributed by atoms with Crippen LogP contribution in [0, 0.1) is 0 Å². The van der Waals surface area contributed by atoms with Crippen molar-refractivity contribution in [2.75, 3.05) is 5.75 Å². The highest BCUT2D eigenvalue weighted by molar-refractivity contribution is 7.99. The van der Waals surface area contributed by atoms with Gasteiger partial charge in [0.2, 0.25) is 0 Å². The highest BCUT2D eigenvalue weighted by Gasteiger charge is 2.12. The van der Waals surface area contributed by atoms with E-state index in [1.807, 2.05) is 54.6 Å². The number of hydrogen-bond acceptors (Lipinski definition) is 4. The molecule has 0 unspecified atom stereocenters. The third-order valence-corrected chi connectivity index (χ3v) is 5.33. The van der Waals surface area contributed by atoms with Gasteiger partial charge in [-0.25, -0.2) is 4.98 Å². The van der Waals surface area contributed by atoms with Crippen LogP contribution in [0.3, 0.4) is 0 Å². The fourth-order valence-corrected chi connectivity index (χ4v) is 3.96. The van der Waals surface area contributed by atoms with Crippen molar-refractivity contribution in [3.8, 4) is 0 Å². The highest BCUT2D eigenvalue weighted by Crippen LogP contribution is 2.20. The van der Waals surface area contributed by atoms with Crippen LogP contribution in [0.2, 0.25) is 0 Å². The topological polar surface area (TPSA) is 47.8 Å². The van der Waals surface area contributed by atoms with Crippen molar-refractivity contribution in [2.45, 2.75) is 18.1 Å². The first-order valence-electron chi connectivity index (χ1n) is 8.86. The summed E-state index contributed by atoms with van der Waals surface area (Å²) in [5.74, 6) is 0.863. The standard InChI is InChI=1S/C22H19N3OS/c26-21-19-10-4-5-11-20(19)24-22(25(21)16-18-9-6-13-23-15-18)27-14-12-17-7-2-1-3-8-17/h1-11,13,15H,12,14,16H2. The third kappa shape index (κ3) is 4.09. The Bertz CT molecular complexity index is 1090. The van der Waals surface area contributed by atoms with E-state index in [0.29, 0.717) is 11.9 Å². The maximum absolute atomic E-state index is 13.1. The number of fused-ring (bicyclic) bond motifs is 1. The van der Waals surface area contributed by atoms with Crippen LogP contribution in [0.4, 0.5) is 0 Å². The van der Waals surface area contributed by atoms with E-state index in [-0.39, 0.29) is 5.56 Å². The minimum absolute atomic E-state index is 0.00772. The fraction of sp³-hybridized carbons (Fsp3) is 0.136.